The largest absolute Gasteiger partial charge is 0.399 e. The second-order valence-electron chi connectivity index (χ2n) is 1.67. The van der Waals surface area contributed by atoms with Gasteiger partial charge in [0.05, 0.1) is 10.0 Å². The van der Waals surface area contributed by atoms with E-state index in [1.165, 1.54) is 0 Å². The van der Waals surface area contributed by atoms with Gasteiger partial charge in [-0.05, 0) is 18.2 Å². The number of nitrogen functional groups attached to an aromatic ring is 1. The quantitative estimate of drug-likeness (QED) is 0.601. The minimum Gasteiger partial charge on any atom is -0.399 e. The first-order valence-corrected chi connectivity index (χ1v) is 3.16. The van der Waals surface area contributed by atoms with E-state index in [4.69, 9.17) is 28.9 Å². The Morgan fingerprint density at radius 1 is 1.11 bits per heavy atom. The van der Waals surface area contributed by atoms with E-state index in [1.807, 2.05) is 0 Å². The number of hydrogen-bond donors (Lipinski definition) is 1. The minimum atomic E-state index is 0.497. The van der Waals surface area contributed by atoms with Gasteiger partial charge in [-0.2, -0.15) is 0 Å². The monoisotopic (exact) mass is 173 g/mol. The Hall–Kier alpha value is -0.400. The summed E-state index contributed by atoms with van der Waals surface area (Å²) in [6.07, 6.45) is 0. The molecule has 0 saturated carbocycles. The maximum atomic E-state index is 5.60. The van der Waals surface area contributed by atoms with Crippen molar-refractivity contribution in [3.63, 3.8) is 0 Å². The molecule has 1 rings (SSSR count). The van der Waals surface area contributed by atoms with E-state index in [9.17, 15) is 0 Å². The summed E-state index contributed by atoms with van der Waals surface area (Å²) in [6, 6.07) is 4.98. The first kappa shape index (κ1) is 6.72. The maximum Gasteiger partial charge on any atom is 0.0612 e. The summed E-state index contributed by atoms with van der Waals surface area (Å²) < 4.78 is 0. The Balaban J connectivity index is 3.17. The lowest BCUT2D eigenvalue weighted by Gasteiger charge is -1.94. The Morgan fingerprint density at radius 3 is 2.22 bits per heavy atom. The van der Waals surface area contributed by atoms with Crippen LogP contribution in [0.2, 0.25) is 10.0 Å². The van der Waals surface area contributed by atoms with Crippen molar-refractivity contribution in [1.82, 2.24) is 0 Å². The zero-order valence-electron chi connectivity index (χ0n) is 4.57. The topological polar surface area (TPSA) is 26.0 Å². The van der Waals surface area contributed by atoms with Crippen LogP contribution in [0.5, 0.6) is 0 Å². The highest BCUT2D eigenvalue weighted by atomic mass is 35.5. The van der Waals surface area contributed by atoms with Crippen molar-refractivity contribution in [2.75, 3.05) is 5.73 Å². The van der Waals surface area contributed by atoms with Gasteiger partial charge < -0.3 is 5.73 Å². The van der Waals surface area contributed by atoms with Gasteiger partial charge in [-0.15, -0.1) is 0 Å². The second kappa shape index (κ2) is 2.46. The van der Waals surface area contributed by atoms with Crippen LogP contribution in [0.3, 0.4) is 0 Å². The molecule has 0 unspecified atom stereocenters. The fourth-order valence-corrected chi connectivity index (χ4v) is 0.819. The molecular formula is C6H5Cl2N. The SMILES string of the molecule is N[14c]1[14cH][14cH][14c](Cl)[14c](Cl)[14cH]1. The van der Waals surface area contributed by atoms with Gasteiger partial charge in [0.1, 0.15) is 0 Å². The smallest absolute Gasteiger partial charge is 0.0612 e. The molecule has 0 bridgehead atoms. The zero-order valence-corrected chi connectivity index (χ0v) is 6.08. The third-order valence-electron chi connectivity index (χ3n) is 0.944. The highest BCUT2D eigenvalue weighted by Crippen LogP contribution is 2.23. The van der Waals surface area contributed by atoms with Crippen LogP contribution in [0.15, 0.2) is 18.2 Å². The highest BCUT2D eigenvalue weighted by Gasteiger charge is 1.94. The second-order valence-corrected chi connectivity index (χ2v) is 2.49. The van der Waals surface area contributed by atoms with Gasteiger partial charge in [0.25, 0.3) is 0 Å². The van der Waals surface area contributed by atoms with E-state index in [1.54, 1.807) is 18.2 Å². The lowest BCUT2D eigenvalue weighted by atomic mass is 12.2. The average molecular weight is 174 g/mol. The fourth-order valence-electron chi connectivity index (χ4n) is 0.512. The van der Waals surface area contributed by atoms with Gasteiger partial charge in [-0.25, -0.2) is 0 Å². The summed E-state index contributed by atoms with van der Waals surface area (Å²) >= 11 is 11.2. The molecule has 0 radical (unpaired) electrons. The molecule has 0 aliphatic rings. The average Bonchev–Trinajstić information content (AvgIpc) is 1.80. The molecule has 0 atom stereocenters. The van der Waals surface area contributed by atoms with Crippen molar-refractivity contribution in [2.24, 2.45) is 0 Å². The number of halogens is 2. The van der Waals surface area contributed by atoms with Crippen molar-refractivity contribution < 1.29 is 0 Å². The number of nitrogens with two attached hydrogens (primary N) is 1. The summed E-state index contributed by atoms with van der Waals surface area (Å²) in [7, 11) is 0. The first-order chi connectivity index (χ1) is 4.20. The number of rotatable bonds is 0. The number of benzene rings is 1. The van der Waals surface area contributed by atoms with E-state index < -0.39 is 0 Å². The van der Waals surface area contributed by atoms with Gasteiger partial charge in [-0.3, -0.25) is 0 Å². The van der Waals surface area contributed by atoms with Crippen molar-refractivity contribution in [3.05, 3.63) is 28.2 Å². The normalized spacial score (nSPS) is 9.56. The molecule has 9 heavy (non-hydrogen) atoms. The van der Waals surface area contributed by atoms with Crippen LogP contribution in [0.1, 0.15) is 0 Å². The van der Waals surface area contributed by atoms with Crippen LogP contribution in [-0.2, 0) is 0 Å². The molecule has 2 N–H and O–H groups in total. The predicted octanol–water partition coefficient (Wildman–Crippen LogP) is 2.58. The molecule has 0 heterocycles. The molecule has 0 aromatic heterocycles. The molecule has 0 spiro atoms. The van der Waals surface area contributed by atoms with Gasteiger partial charge >= 0.3 is 0 Å². The predicted molar refractivity (Wildman–Crippen MR) is 40.9 cm³/mol. The van der Waals surface area contributed by atoms with Crippen LogP contribution in [0.25, 0.3) is 0 Å². The molecule has 3 heteroatoms. The molecule has 1 aromatic rings. The van der Waals surface area contributed by atoms with Gasteiger partial charge in [-0.1, -0.05) is 23.2 Å². The summed E-state index contributed by atoms with van der Waals surface area (Å²) in [5.74, 6) is 0. The third-order valence-corrected chi connectivity index (χ3v) is 1.68. The number of anilines is 1. The summed E-state index contributed by atoms with van der Waals surface area (Å²) in [4.78, 5) is 0. The summed E-state index contributed by atoms with van der Waals surface area (Å²) in [6.45, 7) is 0. The minimum absolute atomic E-state index is 0.497. The molecule has 0 fully saturated rings. The van der Waals surface area contributed by atoms with E-state index in [0.717, 1.165) is 0 Å². The maximum absolute atomic E-state index is 5.60. The van der Waals surface area contributed by atoms with Crippen LogP contribution in [0, 0.1) is 0 Å². The Morgan fingerprint density at radius 2 is 1.78 bits per heavy atom. The lowest BCUT2D eigenvalue weighted by Crippen LogP contribution is -1.82. The zero-order chi connectivity index (χ0) is 6.85. The molecule has 48 valence electrons. The molecule has 0 aliphatic heterocycles. The van der Waals surface area contributed by atoms with E-state index in [-0.39, 0.29) is 0 Å². The van der Waals surface area contributed by atoms with Crippen LogP contribution in [-0.4, -0.2) is 0 Å². The van der Waals surface area contributed by atoms with E-state index in [2.05, 4.69) is 0 Å². The third kappa shape index (κ3) is 1.50. The summed E-state index contributed by atoms with van der Waals surface area (Å²) in [5, 5.41) is 1.03. The van der Waals surface area contributed by atoms with E-state index in [0.29, 0.717) is 15.7 Å². The Kier molecular flexibility index (Phi) is 1.84. The molecule has 1 aromatic carbocycles. The molecular weight excluding hydrogens is 169 g/mol. The molecule has 1 nitrogen and oxygen atoms in total. The van der Waals surface area contributed by atoms with Crippen molar-refractivity contribution in [2.45, 2.75) is 0 Å². The Labute approximate surface area is 63.4 Å². The van der Waals surface area contributed by atoms with Crippen LogP contribution >= 0.6 is 23.2 Å². The van der Waals surface area contributed by atoms with Crippen molar-refractivity contribution in [1.29, 1.82) is 0 Å². The van der Waals surface area contributed by atoms with Crippen molar-refractivity contribution >= 4 is 28.9 Å². The first-order valence-electron chi connectivity index (χ1n) is 2.40. The van der Waals surface area contributed by atoms with Gasteiger partial charge in [0.15, 0.2) is 0 Å². The summed E-state index contributed by atoms with van der Waals surface area (Å²) in [5.41, 5.74) is 6.01. The Bertz CT molecular complexity index is 222. The molecule has 0 aliphatic carbocycles. The van der Waals surface area contributed by atoms with Gasteiger partial charge in [0, 0.05) is 5.69 Å². The highest BCUT2D eigenvalue weighted by molar-refractivity contribution is 6.42. The van der Waals surface area contributed by atoms with Crippen LogP contribution in [0.4, 0.5) is 5.69 Å². The van der Waals surface area contributed by atoms with Gasteiger partial charge in [0.2, 0.25) is 0 Å². The lowest BCUT2D eigenvalue weighted by molar-refractivity contribution is 1.68. The van der Waals surface area contributed by atoms with Crippen molar-refractivity contribution in [3.8, 4) is 0 Å². The molecule has 0 saturated heterocycles. The molecule has 0 amide bonds. The fraction of sp³-hybridized carbons (Fsp3) is 0. The standard InChI is InChI=1S/C6H5Cl2N/c7-5-2-1-4(9)3-6(5)8/h1-3H,9H2/i1+2,2+2,3+2,4+2,5+2,6+2. The van der Waals surface area contributed by atoms with Crippen LogP contribution < -0.4 is 5.73 Å². The van der Waals surface area contributed by atoms with E-state index >= 15 is 0 Å². The number of hydrogen-bond acceptors (Lipinski definition) is 1.